The van der Waals surface area contributed by atoms with Gasteiger partial charge in [0.1, 0.15) is 15.6 Å². The van der Waals surface area contributed by atoms with E-state index in [1.54, 1.807) is 0 Å². The van der Waals surface area contributed by atoms with Crippen molar-refractivity contribution in [1.82, 2.24) is 5.32 Å². The second-order valence-electron chi connectivity index (χ2n) is 4.96. The van der Waals surface area contributed by atoms with E-state index in [4.69, 9.17) is 0 Å². The van der Waals surface area contributed by atoms with Crippen LogP contribution in [0.5, 0.6) is 0 Å². The minimum Gasteiger partial charge on any atom is -0.314 e. The van der Waals surface area contributed by atoms with Crippen LogP contribution in [0.1, 0.15) is 44.9 Å². The van der Waals surface area contributed by atoms with Crippen LogP contribution >= 0.6 is 0 Å². The summed E-state index contributed by atoms with van der Waals surface area (Å²) in [5.41, 5.74) is 0. The molecule has 1 heterocycles. The van der Waals surface area contributed by atoms with E-state index >= 15 is 0 Å². The van der Waals surface area contributed by atoms with Crippen LogP contribution in [0.3, 0.4) is 0 Å². The monoisotopic (exact) mass is 261 g/mol. The van der Waals surface area contributed by atoms with Gasteiger partial charge in [-0.05, 0) is 32.2 Å². The summed E-state index contributed by atoms with van der Waals surface area (Å²) < 4.78 is 21.8. The van der Waals surface area contributed by atoms with E-state index in [9.17, 15) is 13.2 Å². The third-order valence-corrected chi connectivity index (χ3v) is 4.19. The first-order valence-electron chi connectivity index (χ1n) is 6.40. The minimum absolute atomic E-state index is 0.125. The second-order valence-corrected chi connectivity index (χ2v) is 7.22. The highest BCUT2D eigenvalue weighted by molar-refractivity contribution is 7.90. The zero-order valence-corrected chi connectivity index (χ0v) is 11.4. The zero-order valence-electron chi connectivity index (χ0n) is 10.6. The average Bonchev–Trinajstić information content (AvgIpc) is 2.26. The molecule has 17 heavy (non-hydrogen) atoms. The molecule has 0 aromatic carbocycles. The molecule has 5 heteroatoms. The van der Waals surface area contributed by atoms with E-state index < -0.39 is 9.84 Å². The van der Waals surface area contributed by atoms with Crippen LogP contribution in [-0.4, -0.2) is 38.8 Å². The van der Waals surface area contributed by atoms with Crippen LogP contribution in [0.4, 0.5) is 0 Å². The number of piperidine rings is 1. The normalized spacial score (nSPS) is 21.4. The Kier molecular flexibility index (Phi) is 6.12. The van der Waals surface area contributed by atoms with Crippen molar-refractivity contribution in [3.63, 3.8) is 0 Å². The number of hydrogen-bond donors (Lipinski definition) is 1. The third-order valence-electron chi connectivity index (χ3n) is 3.15. The summed E-state index contributed by atoms with van der Waals surface area (Å²) in [6.07, 6.45) is 7.22. The first kappa shape index (κ1) is 14.6. The van der Waals surface area contributed by atoms with Crippen molar-refractivity contribution in [1.29, 1.82) is 0 Å². The van der Waals surface area contributed by atoms with E-state index in [0.29, 0.717) is 25.3 Å². The van der Waals surface area contributed by atoms with Crippen LogP contribution in [-0.2, 0) is 14.6 Å². The molecule has 0 aromatic heterocycles. The average molecular weight is 261 g/mol. The van der Waals surface area contributed by atoms with Gasteiger partial charge in [-0.3, -0.25) is 4.79 Å². The zero-order chi connectivity index (χ0) is 12.7. The van der Waals surface area contributed by atoms with Gasteiger partial charge in [-0.25, -0.2) is 8.42 Å². The van der Waals surface area contributed by atoms with Gasteiger partial charge in [-0.1, -0.05) is 6.42 Å². The molecule has 0 bridgehead atoms. The molecule has 0 aliphatic carbocycles. The molecule has 1 saturated heterocycles. The number of hydrogen-bond acceptors (Lipinski definition) is 4. The molecule has 1 aliphatic heterocycles. The smallest absolute Gasteiger partial charge is 0.147 e. The first-order chi connectivity index (χ1) is 7.97. The number of carbonyl (C=O) groups is 1. The molecule has 1 rings (SSSR count). The van der Waals surface area contributed by atoms with Gasteiger partial charge >= 0.3 is 0 Å². The Morgan fingerprint density at radius 2 is 2.06 bits per heavy atom. The number of rotatable bonds is 7. The molecule has 0 spiro atoms. The van der Waals surface area contributed by atoms with Crippen molar-refractivity contribution in [3.05, 3.63) is 0 Å². The maximum Gasteiger partial charge on any atom is 0.147 e. The second kappa shape index (κ2) is 7.11. The fourth-order valence-corrected chi connectivity index (χ4v) is 2.83. The topological polar surface area (TPSA) is 63.2 Å². The SMILES string of the molecule is CS(=O)(=O)CCCC(=O)CCC1CCCCN1. The number of Topliss-reactive ketones (excluding diaryl/α,β-unsaturated/α-hetero) is 1. The fourth-order valence-electron chi connectivity index (χ4n) is 2.16. The predicted octanol–water partition coefficient (Wildman–Crippen LogP) is 1.30. The molecule has 1 aliphatic rings. The molecule has 1 unspecified atom stereocenters. The van der Waals surface area contributed by atoms with Crippen LogP contribution in [0.25, 0.3) is 0 Å². The highest BCUT2D eigenvalue weighted by Crippen LogP contribution is 2.12. The quantitative estimate of drug-likeness (QED) is 0.750. The Morgan fingerprint density at radius 3 is 2.65 bits per heavy atom. The molecule has 1 fully saturated rings. The molecule has 100 valence electrons. The van der Waals surface area contributed by atoms with Crippen LogP contribution in [0.2, 0.25) is 0 Å². The molecule has 0 amide bonds. The Morgan fingerprint density at radius 1 is 1.29 bits per heavy atom. The molecule has 0 aromatic rings. The Balaban J connectivity index is 2.08. The molecule has 4 nitrogen and oxygen atoms in total. The molecule has 0 saturated carbocycles. The van der Waals surface area contributed by atoms with Gasteiger partial charge in [0.15, 0.2) is 0 Å². The number of carbonyl (C=O) groups excluding carboxylic acids is 1. The van der Waals surface area contributed by atoms with Crippen molar-refractivity contribution in [3.8, 4) is 0 Å². The van der Waals surface area contributed by atoms with Gasteiger partial charge in [-0.15, -0.1) is 0 Å². The lowest BCUT2D eigenvalue weighted by Gasteiger charge is -2.22. The van der Waals surface area contributed by atoms with E-state index in [2.05, 4.69) is 5.32 Å². The fraction of sp³-hybridized carbons (Fsp3) is 0.917. The highest BCUT2D eigenvalue weighted by atomic mass is 32.2. The number of nitrogens with one attached hydrogen (secondary N) is 1. The minimum atomic E-state index is -2.92. The van der Waals surface area contributed by atoms with Crippen molar-refractivity contribution in [2.75, 3.05) is 18.6 Å². The van der Waals surface area contributed by atoms with E-state index in [0.717, 1.165) is 19.4 Å². The lowest BCUT2D eigenvalue weighted by Crippen LogP contribution is -2.34. The molecule has 1 N–H and O–H groups in total. The third kappa shape index (κ3) is 7.49. The number of ketones is 1. The first-order valence-corrected chi connectivity index (χ1v) is 8.46. The summed E-state index contributed by atoms with van der Waals surface area (Å²) in [5, 5.41) is 3.41. The van der Waals surface area contributed by atoms with Crippen LogP contribution in [0, 0.1) is 0 Å². The Labute approximate surface area is 104 Å². The van der Waals surface area contributed by atoms with E-state index in [1.165, 1.54) is 19.1 Å². The van der Waals surface area contributed by atoms with E-state index in [-0.39, 0.29) is 11.5 Å². The van der Waals surface area contributed by atoms with Gasteiger partial charge in [-0.2, -0.15) is 0 Å². The maximum atomic E-state index is 11.5. The van der Waals surface area contributed by atoms with Crippen molar-refractivity contribution in [2.24, 2.45) is 0 Å². The van der Waals surface area contributed by atoms with Gasteiger partial charge in [0.05, 0.1) is 5.75 Å². The predicted molar refractivity (Wildman–Crippen MR) is 68.8 cm³/mol. The molecular weight excluding hydrogens is 238 g/mol. The van der Waals surface area contributed by atoms with Crippen LogP contribution < -0.4 is 5.32 Å². The van der Waals surface area contributed by atoms with Gasteiger partial charge in [0, 0.05) is 25.1 Å². The lowest BCUT2D eigenvalue weighted by atomic mass is 9.98. The van der Waals surface area contributed by atoms with Crippen LogP contribution in [0.15, 0.2) is 0 Å². The van der Waals surface area contributed by atoms with Gasteiger partial charge < -0.3 is 5.32 Å². The van der Waals surface area contributed by atoms with Crippen molar-refractivity contribution >= 4 is 15.6 Å². The Bertz CT molecular complexity index is 332. The Hall–Kier alpha value is -0.420. The van der Waals surface area contributed by atoms with E-state index in [1.807, 2.05) is 0 Å². The molecular formula is C12H23NO3S. The van der Waals surface area contributed by atoms with Gasteiger partial charge in [0.2, 0.25) is 0 Å². The maximum absolute atomic E-state index is 11.5. The summed E-state index contributed by atoms with van der Waals surface area (Å²) in [7, 11) is -2.92. The summed E-state index contributed by atoms with van der Waals surface area (Å²) in [6.45, 7) is 1.06. The number of sulfone groups is 1. The standard InChI is InChI=1S/C12H23NO3S/c1-17(15,16)10-4-6-12(14)8-7-11-5-2-3-9-13-11/h11,13H,2-10H2,1H3. The molecule has 1 atom stereocenters. The summed E-state index contributed by atoms with van der Waals surface area (Å²) in [4.78, 5) is 11.5. The van der Waals surface area contributed by atoms with Gasteiger partial charge in [0.25, 0.3) is 0 Å². The highest BCUT2D eigenvalue weighted by Gasteiger charge is 2.14. The van der Waals surface area contributed by atoms with Crippen molar-refractivity contribution < 1.29 is 13.2 Å². The summed E-state index contributed by atoms with van der Waals surface area (Å²) >= 11 is 0. The molecule has 0 radical (unpaired) electrons. The summed E-state index contributed by atoms with van der Waals surface area (Å²) in [5.74, 6) is 0.321. The lowest BCUT2D eigenvalue weighted by molar-refractivity contribution is -0.119. The van der Waals surface area contributed by atoms with Crippen molar-refractivity contribution in [2.45, 2.75) is 51.0 Å². The largest absolute Gasteiger partial charge is 0.314 e. The summed E-state index contributed by atoms with van der Waals surface area (Å²) in [6, 6.07) is 0.489.